The normalized spacial score (nSPS) is 10.0. The molecule has 14 heavy (non-hydrogen) atoms. The van der Waals surface area contributed by atoms with Crippen LogP contribution in [0.1, 0.15) is 5.56 Å². The van der Waals surface area contributed by atoms with Gasteiger partial charge in [0.15, 0.2) is 0 Å². The fourth-order valence-corrected chi connectivity index (χ4v) is 2.13. The van der Waals surface area contributed by atoms with Crippen molar-refractivity contribution in [2.75, 3.05) is 0 Å². The summed E-state index contributed by atoms with van der Waals surface area (Å²) >= 11 is 3.53. The molecule has 2 heteroatoms. The zero-order valence-corrected chi connectivity index (χ0v) is 9.08. The molecule has 0 saturated carbocycles. The Labute approximate surface area is 91.1 Å². The predicted molar refractivity (Wildman–Crippen MR) is 61.0 cm³/mol. The van der Waals surface area contributed by atoms with Gasteiger partial charge in [-0.15, -0.1) is 0 Å². The quantitative estimate of drug-likeness (QED) is 0.753. The Morgan fingerprint density at radius 3 is 2.71 bits per heavy atom. The number of benzene rings is 2. The van der Waals surface area contributed by atoms with Gasteiger partial charge in [-0.05, 0) is 32.3 Å². The molecule has 2 aromatic carbocycles. The predicted octanol–water partition coefficient (Wildman–Crippen LogP) is 3.67. The maximum atomic E-state index is 8.65. The molecule has 0 bridgehead atoms. The van der Waals surface area contributed by atoms with Crippen LogP contribution < -0.4 is 0 Å². The van der Waals surface area contributed by atoms with Gasteiger partial charge in [0.25, 0.3) is 0 Å². The van der Waals surface area contributed by atoms with Crippen molar-refractivity contribution in [3.8, 4) is 6.07 Å². The Kier molecular flexibility index (Phi) is 2.51. The topological polar surface area (TPSA) is 23.8 Å². The monoisotopic (exact) mass is 245 g/mol. The number of nitriles is 1. The molecule has 0 heterocycles. The summed E-state index contributed by atoms with van der Waals surface area (Å²) in [7, 11) is 0. The number of hydrogen-bond acceptors (Lipinski definition) is 1. The number of hydrogen-bond donors (Lipinski definition) is 0. The summed E-state index contributed by atoms with van der Waals surface area (Å²) in [5, 5.41) is 11.0. The van der Waals surface area contributed by atoms with Crippen LogP contribution in [0.15, 0.2) is 40.9 Å². The van der Waals surface area contributed by atoms with Crippen LogP contribution in [-0.4, -0.2) is 0 Å². The molecular weight excluding hydrogens is 238 g/mol. The Morgan fingerprint density at radius 1 is 1.14 bits per heavy atom. The van der Waals surface area contributed by atoms with Crippen molar-refractivity contribution >= 4 is 26.7 Å². The smallest absolute Gasteiger partial charge is 0.0670 e. The van der Waals surface area contributed by atoms with E-state index >= 15 is 0 Å². The zero-order valence-electron chi connectivity index (χ0n) is 7.50. The van der Waals surface area contributed by atoms with Gasteiger partial charge in [-0.25, -0.2) is 0 Å². The number of nitrogens with zero attached hydrogens (tertiary/aromatic N) is 1. The summed E-state index contributed by atoms with van der Waals surface area (Å²) in [6.07, 6.45) is 0.450. The molecular formula is C12H8BrN. The molecule has 68 valence electrons. The van der Waals surface area contributed by atoms with Gasteiger partial charge in [-0.2, -0.15) is 5.26 Å². The summed E-state index contributed by atoms with van der Waals surface area (Å²) < 4.78 is 1.04. The van der Waals surface area contributed by atoms with Crippen molar-refractivity contribution in [1.29, 1.82) is 5.26 Å². The van der Waals surface area contributed by atoms with E-state index < -0.39 is 0 Å². The summed E-state index contributed by atoms with van der Waals surface area (Å²) in [5.74, 6) is 0. The molecule has 0 unspecified atom stereocenters. The molecule has 0 aromatic heterocycles. The lowest BCUT2D eigenvalue weighted by atomic mass is 10.1. The van der Waals surface area contributed by atoms with Gasteiger partial charge in [-0.3, -0.25) is 0 Å². The third-order valence-corrected chi connectivity index (χ3v) is 3.15. The van der Waals surface area contributed by atoms with Crippen LogP contribution in [-0.2, 0) is 6.42 Å². The van der Waals surface area contributed by atoms with Crippen LogP contribution in [0.4, 0.5) is 0 Å². The molecule has 0 aliphatic carbocycles. The standard InChI is InChI=1S/C12H8BrN/c13-12-10(7-8-14)6-5-9-3-1-2-4-11(9)12/h1-6H,7H2. The summed E-state index contributed by atoms with van der Waals surface area (Å²) in [6.45, 7) is 0. The Hall–Kier alpha value is -1.33. The van der Waals surface area contributed by atoms with Crippen molar-refractivity contribution in [3.63, 3.8) is 0 Å². The molecule has 0 saturated heterocycles. The average molecular weight is 246 g/mol. The highest BCUT2D eigenvalue weighted by Crippen LogP contribution is 2.27. The maximum absolute atomic E-state index is 8.65. The Morgan fingerprint density at radius 2 is 1.93 bits per heavy atom. The zero-order chi connectivity index (χ0) is 9.97. The molecule has 1 nitrogen and oxygen atoms in total. The third-order valence-electron chi connectivity index (χ3n) is 2.21. The van der Waals surface area contributed by atoms with Gasteiger partial charge in [0.05, 0.1) is 12.5 Å². The first-order chi connectivity index (χ1) is 6.83. The second-order valence-corrected chi connectivity index (χ2v) is 3.89. The lowest BCUT2D eigenvalue weighted by molar-refractivity contribution is 1.26. The molecule has 2 aromatic rings. The van der Waals surface area contributed by atoms with E-state index in [0.717, 1.165) is 10.0 Å². The first-order valence-corrected chi connectivity index (χ1v) is 5.15. The Balaban J connectivity index is 2.70. The second-order valence-electron chi connectivity index (χ2n) is 3.09. The largest absolute Gasteiger partial charge is 0.198 e. The Bertz CT molecular complexity index is 511. The minimum absolute atomic E-state index is 0.450. The minimum atomic E-state index is 0.450. The maximum Gasteiger partial charge on any atom is 0.0670 e. The van der Waals surface area contributed by atoms with Crippen molar-refractivity contribution in [3.05, 3.63) is 46.4 Å². The number of halogens is 1. The fraction of sp³-hybridized carbons (Fsp3) is 0.0833. The van der Waals surface area contributed by atoms with Crippen molar-refractivity contribution in [2.24, 2.45) is 0 Å². The first kappa shape index (κ1) is 9.23. The SMILES string of the molecule is N#CCc1ccc2ccccc2c1Br. The molecule has 2 rings (SSSR count). The summed E-state index contributed by atoms with van der Waals surface area (Å²) in [5.41, 5.74) is 1.05. The number of fused-ring (bicyclic) bond motifs is 1. The van der Waals surface area contributed by atoms with Crippen LogP contribution in [0, 0.1) is 11.3 Å². The van der Waals surface area contributed by atoms with E-state index in [0.29, 0.717) is 6.42 Å². The van der Waals surface area contributed by atoms with Gasteiger partial charge < -0.3 is 0 Å². The minimum Gasteiger partial charge on any atom is -0.198 e. The number of rotatable bonds is 1. The lowest BCUT2D eigenvalue weighted by Crippen LogP contribution is -1.85. The van der Waals surface area contributed by atoms with E-state index in [1.54, 1.807) is 0 Å². The van der Waals surface area contributed by atoms with Crippen LogP contribution in [0.25, 0.3) is 10.8 Å². The van der Waals surface area contributed by atoms with E-state index in [2.05, 4.69) is 34.1 Å². The highest BCUT2D eigenvalue weighted by atomic mass is 79.9. The molecule has 0 radical (unpaired) electrons. The summed E-state index contributed by atoms with van der Waals surface area (Å²) in [6, 6.07) is 14.3. The summed E-state index contributed by atoms with van der Waals surface area (Å²) in [4.78, 5) is 0. The molecule has 0 aliphatic heterocycles. The highest BCUT2D eigenvalue weighted by molar-refractivity contribution is 9.10. The first-order valence-electron chi connectivity index (χ1n) is 4.36. The van der Waals surface area contributed by atoms with Crippen LogP contribution in [0.3, 0.4) is 0 Å². The van der Waals surface area contributed by atoms with E-state index in [1.807, 2.05) is 24.3 Å². The van der Waals surface area contributed by atoms with Gasteiger partial charge in [0, 0.05) is 4.47 Å². The molecule has 0 aliphatic rings. The molecule has 0 N–H and O–H groups in total. The fourth-order valence-electron chi connectivity index (χ4n) is 1.50. The van der Waals surface area contributed by atoms with E-state index in [-0.39, 0.29) is 0 Å². The second kappa shape index (κ2) is 3.81. The van der Waals surface area contributed by atoms with Gasteiger partial charge in [0.1, 0.15) is 0 Å². The van der Waals surface area contributed by atoms with Crippen LogP contribution in [0.2, 0.25) is 0 Å². The van der Waals surface area contributed by atoms with E-state index in [9.17, 15) is 0 Å². The molecule has 0 amide bonds. The van der Waals surface area contributed by atoms with E-state index in [4.69, 9.17) is 5.26 Å². The van der Waals surface area contributed by atoms with Crippen molar-refractivity contribution in [2.45, 2.75) is 6.42 Å². The van der Waals surface area contributed by atoms with Crippen LogP contribution in [0.5, 0.6) is 0 Å². The van der Waals surface area contributed by atoms with Gasteiger partial charge in [-0.1, -0.05) is 36.4 Å². The average Bonchev–Trinajstić information content (AvgIpc) is 2.23. The lowest BCUT2D eigenvalue weighted by Gasteiger charge is -2.04. The van der Waals surface area contributed by atoms with Gasteiger partial charge >= 0.3 is 0 Å². The third kappa shape index (κ3) is 1.51. The van der Waals surface area contributed by atoms with Gasteiger partial charge in [0.2, 0.25) is 0 Å². The molecule has 0 atom stereocenters. The van der Waals surface area contributed by atoms with Crippen molar-refractivity contribution < 1.29 is 0 Å². The molecule has 0 spiro atoms. The van der Waals surface area contributed by atoms with Crippen LogP contribution >= 0.6 is 15.9 Å². The van der Waals surface area contributed by atoms with Crippen molar-refractivity contribution in [1.82, 2.24) is 0 Å². The molecule has 0 fully saturated rings. The highest BCUT2D eigenvalue weighted by Gasteiger charge is 2.03. The van der Waals surface area contributed by atoms with E-state index in [1.165, 1.54) is 10.8 Å².